The highest BCUT2D eigenvalue weighted by Gasteiger charge is 2.17. The van der Waals surface area contributed by atoms with E-state index in [0.29, 0.717) is 0 Å². The van der Waals surface area contributed by atoms with Crippen LogP contribution in [0.2, 0.25) is 0 Å². The molecule has 2 nitrogen and oxygen atoms in total. The van der Waals surface area contributed by atoms with Crippen LogP contribution in [0.15, 0.2) is 66.7 Å². The van der Waals surface area contributed by atoms with Crippen LogP contribution < -0.4 is 4.74 Å². The number of hydrogen-bond acceptors (Lipinski definition) is 2. The SMILES string of the molecule is COc1c(C(O)c2ccccc2)ccc2ccccc12. The first-order valence-electron chi connectivity index (χ1n) is 6.60. The van der Waals surface area contributed by atoms with Crippen molar-refractivity contribution in [3.05, 3.63) is 77.9 Å². The van der Waals surface area contributed by atoms with Crippen molar-refractivity contribution >= 4 is 10.8 Å². The van der Waals surface area contributed by atoms with Gasteiger partial charge in [-0.25, -0.2) is 0 Å². The quantitative estimate of drug-likeness (QED) is 0.776. The summed E-state index contributed by atoms with van der Waals surface area (Å²) in [5, 5.41) is 12.7. The van der Waals surface area contributed by atoms with Gasteiger partial charge in [-0.1, -0.05) is 66.7 Å². The minimum absolute atomic E-state index is 0.684. The Balaban J connectivity index is 2.16. The normalized spacial score (nSPS) is 12.3. The topological polar surface area (TPSA) is 29.5 Å². The molecule has 1 N–H and O–H groups in total. The van der Waals surface area contributed by atoms with E-state index in [1.807, 2.05) is 66.7 Å². The minimum atomic E-state index is -0.684. The molecule has 0 bridgehead atoms. The zero-order chi connectivity index (χ0) is 13.9. The lowest BCUT2D eigenvalue weighted by molar-refractivity contribution is 0.215. The summed E-state index contributed by atoms with van der Waals surface area (Å²) in [6.07, 6.45) is -0.684. The second kappa shape index (κ2) is 5.35. The summed E-state index contributed by atoms with van der Waals surface area (Å²) in [4.78, 5) is 0. The molecule has 100 valence electrons. The van der Waals surface area contributed by atoms with E-state index < -0.39 is 6.10 Å². The van der Waals surface area contributed by atoms with Gasteiger partial charge in [-0.05, 0) is 10.9 Å². The number of rotatable bonds is 3. The second-order valence-corrected chi connectivity index (χ2v) is 4.72. The fraction of sp³-hybridized carbons (Fsp3) is 0.111. The third-order valence-corrected chi connectivity index (χ3v) is 3.52. The molecule has 3 aromatic carbocycles. The van der Waals surface area contributed by atoms with Crippen molar-refractivity contribution < 1.29 is 9.84 Å². The van der Waals surface area contributed by atoms with Crippen LogP contribution in [0.25, 0.3) is 10.8 Å². The number of ether oxygens (including phenoxy) is 1. The molecule has 1 unspecified atom stereocenters. The van der Waals surface area contributed by atoms with E-state index in [9.17, 15) is 5.11 Å². The van der Waals surface area contributed by atoms with Crippen LogP contribution in [0.4, 0.5) is 0 Å². The van der Waals surface area contributed by atoms with Crippen molar-refractivity contribution in [1.29, 1.82) is 0 Å². The summed E-state index contributed by atoms with van der Waals surface area (Å²) < 4.78 is 5.54. The molecule has 1 atom stereocenters. The largest absolute Gasteiger partial charge is 0.496 e. The second-order valence-electron chi connectivity index (χ2n) is 4.72. The number of hydrogen-bond donors (Lipinski definition) is 1. The van der Waals surface area contributed by atoms with Gasteiger partial charge < -0.3 is 9.84 Å². The van der Waals surface area contributed by atoms with Crippen LogP contribution >= 0.6 is 0 Å². The Morgan fingerprint density at radius 2 is 1.55 bits per heavy atom. The van der Waals surface area contributed by atoms with Crippen molar-refractivity contribution in [3.63, 3.8) is 0 Å². The molecule has 3 rings (SSSR count). The Bertz CT molecular complexity index is 720. The van der Waals surface area contributed by atoms with E-state index in [0.717, 1.165) is 27.6 Å². The average Bonchev–Trinajstić information content (AvgIpc) is 2.54. The third kappa shape index (κ3) is 2.15. The molecule has 0 aliphatic carbocycles. The molecule has 0 radical (unpaired) electrons. The molecule has 0 aliphatic rings. The molecule has 0 aromatic heterocycles. The molecular weight excluding hydrogens is 248 g/mol. The standard InChI is InChI=1S/C18H16O2/c1-20-18-15-10-6-5-7-13(15)11-12-16(18)17(19)14-8-3-2-4-9-14/h2-12,17,19H,1H3. The summed E-state index contributed by atoms with van der Waals surface area (Å²) in [5.41, 5.74) is 1.65. The fourth-order valence-corrected chi connectivity index (χ4v) is 2.52. The van der Waals surface area contributed by atoms with E-state index in [2.05, 4.69) is 0 Å². The molecule has 0 heterocycles. The molecule has 0 saturated carbocycles. The Hall–Kier alpha value is -2.32. The van der Waals surface area contributed by atoms with Gasteiger partial charge in [0.15, 0.2) is 0 Å². The molecule has 2 heteroatoms. The molecule has 0 spiro atoms. The monoisotopic (exact) mass is 264 g/mol. The van der Waals surface area contributed by atoms with E-state index in [1.165, 1.54) is 0 Å². The highest BCUT2D eigenvalue weighted by Crippen LogP contribution is 2.35. The van der Waals surface area contributed by atoms with Crippen LogP contribution in [-0.4, -0.2) is 12.2 Å². The van der Waals surface area contributed by atoms with Gasteiger partial charge in [-0.2, -0.15) is 0 Å². The summed E-state index contributed by atoms with van der Waals surface area (Å²) in [6, 6.07) is 21.6. The van der Waals surface area contributed by atoms with Gasteiger partial charge in [0.1, 0.15) is 11.9 Å². The van der Waals surface area contributed by atoms with Gasteiger partial charge in [0, 0.05) is 10.9 Å². The summed E-state index contributed by atoms with van der Waals surface area (Å²) in [7, 11) is 1.64. The highest BCUT2D eigenvalue weighted by molar-refractivity contribution is 5.89. The smallest absolute Gasteiger partial charge is 0.132 e. The average molecular weight is 264 g/mol. The van der Waals surface area contributed by atoms with Gasteiger partial charge in [0.05, 0.1) is 7.11 Å². The van der Waals surface area contributed by atoms with Crippen LogP contribution in [0.3, 0.4) is 0 Å². The maximum atomic E-state index is 10.6. The van der Waals surface area contributed by atoms with Crippen molar-refractivity contribution in [1.82, 2.24) is 0 Å². The predicted octanol–water partition coefficient (Wildman–Crippen LogP) is 3.93. The van der Waals surface area contributed by atoms with E-state index >= 15 is 0 Å². The molecule has 20 heavy (non-hydrogen) atoms. The first-order valence-corrected chi connectivity index (χ1v) is 6.60. The van der Waals surface area contributed by atoms with E-state index in [1.54, 1.807) is 7.11 Å². The number of benzene rings is 3. The third-order valence-electron chi connectivity index (χ3n) is 3.52. The predicted molar refractivity (Wildman–Crippen MR) is 81.0 cm³/mol. The number of methoxy groups -OCH3 is 1. The van der Waals surface area contributed by atoms with Crippen molar-refractivity contribution in [2.24, 2.45) is 0 Å². The summed E-state index contributed by atoms with van der Waals surface area (Å²) >= 11 is 0. The lowest BCUT2D eigenvalue weighted by Crippen LogP contribution is -2.02. The molecule has 0 saturated heterocycles. The molecular formula is C18H16O2. The molecule has 0 amide bonds. The first kappa shape index (κ1) is 12.7. The Morgan fingerprint density at radius 1 is 0.850 bits per heavy atom. The van der Waals surface area contributed by atoms with Crippen molar-refractivity contribution in [2.75, 3.05) is 7.11 Å². The van der Waals surface area contributed by atoms with Crippen LogP contribution in [0.5, 0.6) is 5.75 Å². The van der Waals surface area contributed by atoms with Gasteiger partial charge in [-0.15, -0.1) is 0 Å². The van der Waals surface area contributed by atoms with Crippen LogP contribution in [0.1, 0.15) is 17.2 Å². The fourth-order valence-electron chi connectivity index (χ4n) is 2.52. The maximum absolute atomic E-state index is 10.6. The number of fused-ring (bicyclic) bond motifs is 1. The van der Waals surface area contributed by atoms with E-state index in [-0.39, 0.29) is 0 Å². The van der Waals surface area contributed by atoms with Gasteiger partial charge in [-0.3, -0.25) is 0 Å². The zero-order valence-electron chi connectivity index (χ0n) is 11.3. The molecule has 0 aliphatic heterocycles. The Morgan fingerprint density at radius 3 is 2.30 bits per heavy atom. The van der Waals surface area contributed by atoms with Crippen LogP contribution in [0, 0.1) is 0 Å². The van der Waals surface area contributed by atoms with Crippen molar-refractivity contribution in [2.45, 2.75) is 6.10 Å². The number of aliphatic hydroxyl groups is 1. The van der Waals surface area contributed by atoms with Crippen LogP contribution in [-0.2, 0) is 0 Å². The lowest BCUT2D eigenvalue weighted by atomic mass is 9.97. The van der Waals surface area contributed by atoms with E-state index in [4.69, 9.17) is 4.74 Å². The minimum Gasteiger partial charge on any atom is -0.496 e. The number of aliphatic hydroxyl groups excluding tert-OH is 1. The lowest BCUT2D eigenvalue weighted by Gasteiger charge is -2.17. The van der Waals surface area contributed by atoms with Gasteiger partial charge in [0.2, 0.25) is 0 Å². The summed E-state index contributed by atoms with van der Waals surface area (Å²) in [5.74, 6) is 0.736. The molecule has 0 fully saturated rings. The zero-order valence-corrected chi connectivity index (χ0v) is 11.3. The van der Waals surface area contributed by atoms with Crippen molar-refractivity contribution in [3.8, 4) is 5.75 Å². The highest BCUT2D eigenvalue weighted by atomic mass is 16.5. The first-order chi connectivity index (χ1) is 9.81. The maximum Gasteiger partial charge on any atom is 0.132 e. The Kier molecular flexibility index (Phi) is 3.40. The molecule has 3 aromatic rings. The summed E-state index contributed by atoms with van der Waals surface area (Å²) in [6.45, 7) is 0. The Labute approximate surface area is 118 Å². The van der Waals surface area contributed by atoms with Gasteiger partial charge >= 0.3 is 0 Å². The van der Waals surface area contributed by atoms with Gasteiger partial charge in [0.25, 0.3) is 0 Å².